The Morgan fingerprint density at radius 3 is 2.74 bits per heavy atom. The van der Waals surface area contributed by atoms with Crippen LogP contribution in [0.1, 0.15) is 11.1 Å². The zero-order chi connectivity index (χ0) is 21.8. The van der Waals surface area contributed by atoms with Crippen molar-refractivity contribution in [2.75, 3.05) is 10.6 Å². The van der Waals surface area contributed by atoms with Crippen LogP contribution in [-0.4, -0.2) is 21.3 Å². The van der Waals surface area contributed by atoms with E-state index in [9.17, 15) is 18.0 Å². The summed E-state index contributed by atoms with van der Waals surface area (Å²) < 4.78 is 44.9. The van der Waals surface area contributed by atoms with Crippen molar-refractivity contribution in [1.82, 2.24) is 15.2 Å². The van der Waals surface area contributed by atoms with E-state index in [-0.39, 0.29) is 11.6 Å². The Morgan fingerprint density at radius 1 is 1.16 bits per heavy atom. The summed E-state index contributed by atoms with van der Waals surface area (Å²) >= 11 is 1.53. The van der Waals surface area contributed by atoms with Crippen LogP contribution in [0.3, 0.4) is 0 Å². The fourth-order valence-electron chi connectivity index (χ4n) is 2.68. The summed E-state index contributed by atoms with van der Waals surface area (Å²) in [7, 11) is 0. The van der Waals surface area contributed by atoms with Crippen molar-refractivity contribution in [3.63, 3.8) is 0 Å². The number of hydrogen-bond donors (Lipinski definition) is 2. The third-order valence-electron chi connectivity index (χ3n) is 4.04. The summed E-state index contributed by atoms with van der Waals surface area (Å²) in [5.41, 5.74) is 0.995. The summed E-state index contributed by atoms with van der Waals surface area (Å²) in [5, 5.41) is 10.5. The number of nitrogens with zero attached hydrogens (tertiary/aromatic N) is 4. The Bertz CT molecular complexity index is 1190. The second-order valence-corrected chi connectivity index (χ2v) is 7.28. The van der Waals surface area contributed by atoms with E-state index in [1.807, 2.05) is 11.4 Å². The quantitative estimate of drug-likeness (QED) is 0.447. The van der Waals surface area contributed by atoms with Gasteiger partial charge in [0.15, 0.2) is 0 Å². The van der Waals surface area contributed by atoms with Crippen molar-refractivity contribution in [2.24, 2.45) is 0 Å². The molecule has 0 saturated heterocycles. The standard InChI is InChI=1S/C19H13F3N6O2S/c20-19(21,22)14-2-1-3-15(5-14)25-18(29)26-17-9-28(27-30-17)8-12-4-16(31-10-12)13-6-23-11-24-7-13/h1-7,9-11H,8H2,(H-,25,26,27,29)/p+1. The highest BCUT2D eigenvalue weighted by molar-refractivity contribution is 7.13. The van der Waals surface area contributed by atoms with Crippen LogP contribution in [0.5, 0.6) is 0 Å². The lowest BCUT2D eigenvalue weighted by molar-refractivity contribution is -0.754. The number of carbonyl (C=O) groups is 1. The molecule has 0 spiro atoms. The van der Waals surface area contributed by atoms with Gasteiger partial charge in [0, 0.05) is 39.5 Å². The van der Waals surface area contributed by atoms with Gasteiger partial charge in [0.05, 0.1) is 5.56 Å². The number of alkyl halides is 3. The molecule has 31 heavy (non-hydrogen) atoms. The molecule has 0 aliphatic rings. The molecule has 0 radical (unpaired) electrons. The van der Waals surface area contributed by atoms with Gasteiger partial charge in [-0.15, -0.1) is 11.3 Å². The van der Waals surface area contributed by atoms with Gasteiger partial charge in [0.25, 0.3) is 6.20 Å². The monoisotopic (exact) mass is 447 g/mol. The summed E-state index contributed by atoms with van der Waals surface area (Å²) in [6, 6.07) is 5.52. The predicted octanol–water partition coefficient (Wildman–Crippen LogP) is 4.19. The summed E-state index contributed by atoms with van der Waals surface area (Å²) in [4.78, 5) is 21.0. The minimum atomic E-state index is -4.50. The Kier molecular flexibility index (Phi) is 5.62. The molecule has 4 rings (SSSR count). The second kappa shape index (κ2) is 8.52. The molecular formula is C19H14F3N6O2S+. The van der Waals surface area contributed by atoms with E-state index in [2.05, 4.69) is 25.9 Å². The van der Waals surface area contributed by atoms with Gasteiger partial charge in [0.1, 0.15) is 6.33 Å². The molecule has 1 aromatic carbocycles. The highest BCUT2D eigenvalue weighted by Gasteiger charge is 2.30. The smallest absolute Gasteiger partial charge is 0.308 e. The first-order valence-electron chi connectivity index (χ1n) is 8.81. The first kappa shape index (κ1) is 20.5. The van der Waals surface area contributed by atoms with Crippen LogP contribution >= 0.6 is 11.3 Å². The fraction of sp³-hybridized carbons (Fsp3) is 0.105. The van der Waals surface area contributed by atoms with Crippen molar-refractivity contribution in [3.05, 3.63) is 71.8 Å². The van der Waals surface area contributed by atoms with Gasteiger partial charge < -0.3 is 5.32 Å². The minimum absolute atomic E-state index is 0.00425. The molecule has 8 nitrogen and oxygen atoms in total. The van der Waals surface area contributed by atoms with Gasteiger partial charge in [-0.05, 0) is 28.9 Å². The Balaban J connectivity index is 1.36. The van der Waals surface area contributed by atoms with E-state index in [1.165, 1.54) is 40.7 Å². The van der Waals surface area contributed by atoms with E-state index >= 15 is 0 Å². The van der Waals surface area contributed by atoms with E-state index in [4.69, 9.17) is 4.52 Å². The maximum atomic E-state index is 12.8. The van der Waals surface area contributed by atoms with Gasteiger partial charge in [-0.3, -0.25) is 9.84 Å². The van der Waals surface area contributed by atoms with Gasteiger partial charge in [0.2, 0.25) is 11.8 Å². The van der Waals surface area contributed by atoms with Crippen molar-refractivity contribution in [2.45, 2.75) is 12.7 Å². The lowest BCUT2D eigenvalue weighted by Crippen LogP contribution is -2.35. The topological polar surface area (TPSA) is 96.8 Å². The number of thiophene rings is 1. The number of amides is 2. The van der Waals surface area contributed by atoms with Crippen LogP contribution in [0.4, 0.5) is 29.5 Å². The SMILES string of the molecule is O=C(Nc1cccc(C(F)(F)F)c1)Nc1c[n+](Cc2csc(-c3cncnc3)c2)no1. The average Bonchev–Trinajstić information content (AvgIpc) is 3.38. The Hall–Kier alpha value is -3.80. The highest BCUT2D eigenvalue weighted by atomic mass is 32.1. The minimum Gasteiger partial charge on any atom is -0.308 e. The number of benzene rings is 1. The number of halogens is 3. The number of anilines is 2. The molecular weight excluding hydrogens is 433 g/mol. The van der Waals surface area contributed by atoms with E-state index in [0.717, 1.165) is 28.1 Å². The number of urea groups is 1. The molecule has 0 saturated carbocycles. The van der Waals surface area contributed by atoms with Crippen LogP contribution in [-0.2, 0) is 12.7 Å². The molecule has 0 atom stereocenters. The third-order valence-corrected chi connectivity index (χ3v) is 5.07. The van der Waals surface area contributed by atoms with Crippen LogP contribution in [0.25, 0.3) is 10.4 Å². The number of nitrogens with one attached hydrogen (secondary N) is 2. The lowest BCUT2D eigenvalue weighted by atomic mass is 10.2. The number of aromatic nitrogens is 4. The molecule has 0 bridgehead atoms. The zero-order valence-electron chi connectivity index (χ0n) is 15.6. The zero-order valence-corrected chi connectivity index (χ0v) is 16.4. The fourth-order valence-corrected chi connectivity index (χ4v) is 3.56. The molecule has 0 fully saturated rings. The van der Waals surface area contributed by atoms with Crippen molar-refractivity contribution in [1.29, 1.82) is 0 Å². The largest absolute Gasteiger partial charge is 0.416 e. The molecule has 0 aliphatic heterocycles. The normalized spacial score (nSPS) is 11.3. The maximum absolute atomic E-state index is 12.8. The summed E-state index contributed by atoms with van der Waals surface area (Å²) in [6.45, 7) is 0.393. The molecule has 4 aromatic rings. The second-order valence-electron chi connectivity index (χ2n) is 6.37. The molecule has 0 unspecified atom stereocenters. The van der Waals surface area contributed by atoms with Gasteiger partial charge in [-0.1, -0.05) is 6.07 Å². The van der Waals surface area contributed by atoms with E-state index in [1.54, 1.807) is 12.4 Å². The van der Waals surface area contributed by atoms with Crippen LogP contribution in [0, 0.1) is 0 Å². The molecule has 2 N–H and O–H groups in total. The maximum Gasteiger partial charge on any atom is 0.416 e. The predicted molar refractivity (Wildman–Crippen MR) is 105 cm³/mol. The molecule has 3 aromatic heterocycles. The third kappa shape index (κ3) is 5.22. The Labute approximate surface area is 177 Å². The van der Waals surface area contributed by atoms with Crippen LogP contribution < -0.4 is 15.3 Å². The van der Waals surface area contributed by atoms with Gasteiger partial charge in [-0.25, -0.2) is 14.8 Å². The number of rotatable bonds is 5. The van der Waals surface area contributed by atoms with Crippen LogP contribution in [0.2, 0.25) is 0 Å². The van der Waals surface area contributed by atoms with Gasteiger partial charge in [-0.2, -0.15) is 13.2 Å². The van der Waals surface area contributed by atoms with Crippen molar-refractivity contribution >= 4 is 28.9 Å². The van der Waals surface area contributed by atoms with E-state index in [0.29, 0.717) is 6.54 Å². The average molecular weight is 447 g/mol. The first-order chi connectivity index (χ1) is 14.9. The number of carbonyl (C=O) groups excluding carboxylic acids is 1. The molecule has 0 aliphatic carbocycles. The van der Waals surface area contributed by atoms with Crippen molar-refractivity contribution < 1.29 is 27.2 Å². The Morgan fingerprint density at radius 2 is 1.97 bits per heavy atom. The molecule has 3 heterocycles. The molecule has 2 amide bonds. The first-order valence-corrected chi connectivity index (χ1v) is 9.69. The summed E-state index contributed by atoms with van der Waals surface area (Å²) in [5.74, 6) is 0.0383. The van der Waals surface area contributed by atoms with E-state index < -0.39 is 17.8 Å². The highest BCUT2D eigenvalue weighted by Crippen LogP contribution is 2.30. The van der Waals surface area contributed by atoms with Crippen LogP contribution in [0.15, 0.2) is 65.2 Å². The number of hydrogen-bond acceptors (Lipinski definition) is 6. The molecule has 12 heteroatoms. The molecule has 158 valence electrons. The summed E-state index contributed by atoms with van der Waals surface area (Å²) in [6.07, 6.45) is 1.86. The lowest BCUT2D eigenvalue weighted by Gasteiger charge is -2.09. The van der Waals surface area contributed by atoms with Gasteiger partial charge >= 0.3 is 18.1 Å². The van der Waals surface area contributed by atoms with Crippen molar-refractivity contribution in [3.8, 4) is 10.4 Å².